The van der Waals surface area contributed by atoms with E-state index in [1.54, 1.807) is 18.5 Å². The van der Waals surface area contributed by atoms with Gasteiger partial charge >= 0.3 is 6.18 Å². The fourth-order valence-corrected chi connectivity index (χ4v) is 3.07. The van der Waals surface area contributed by atoms with Crippen LogP contribution in [0, 0.1) is 11.3 Å². The van der Waals surface area contributed by atoms with Crippen LogP contribution in [0.15, 0.2) is 42.7 Å². The van der Waals surface area contributed by atoms with Crippen LogP contribution in [0.5, 0.6) is 0 Å². The summed E-state index contributed by atoms with van der Waals surface area (Å²) in [5.41, 5.74) is 0.118. The number of hydrogen-bond acceptors (Lipinski definition) is 4. The third-order valence-corrected chi connectivity index (χ3v) is 4.25. The van der Waals surface area contributed by atoms with E-state index in [-0.39, 0.29) is 11.6 Å². The molecule has 1 aliphatic rings. The zero-order valence-corrected chi connectivity index (χ0v) is 13.4. The summed E-state index contributed by atoms with van der Waals surface area (Å²) in [5.74, 6) is 0. The lowest BCUT2D eigenvalue weighted by Crippen LogP contribution is -2.42. The van der Waals surface area contributed by atoms with Crippen LogP contribution < -0.4 is 10.2 Å². The fourth-order valence-electron chi connectivity index (χ4n) is 3.07. The maximum atomic E-state index is 13.1. The van der Waals surface area contributed by atoms with Gasteiger partial charge in [0.05, 0.1) is 29.1 Å². The van der Waals surface area contributed by atoms with Crippen LogP contribution in [0.2, 0.25) is 0 Å². The molecule has 0 bridgehead atoms. The summed E-state index contributed by atoms with van der Waals surface area (Å²) < 4.78 is 39.2. The number of aromatic nitrogens is 1. The Morgan fingerprint density at radius 1 is 1.28 bits per heavy atom. The average molecular weight is 346 g/mol. The molecule has 1 aromatic heterocycles. The maximum Gasteiger partial charge on any atom is 0.417 e. The Morgan fingerprint density at radius 2 is 2.12 bits per heavy atom. The Morgan fingerprint density at radius 3 is 2.80 bits per heavy atom. The number of rotatable bonds is 3. The molecular formula is C18H17F3N4. The molecule has 0 amide bonds. The molecular weight excluding hydrogens is 329 g/mol. The summed E-state index contributed by atoms with van der Waals surface area (Å²) in [4.78, 5) is 6.28. The predicted octanol–water partition coefficient (Wildman–Crippen LogP) is 4.05. The summed E-state index contributed by atoms with van der Waals surface area (Å²) in [6.07, 6.45) is 0.759. The minimum Gasteiger partial charge on any atom is -0.381 e. The van der Waals surface area contributed by atoms with Gasteiger partial charge in [-0.2, -0.15) is 18.4 Å². The highest BCUT2D eigenvalue weighted by molar-refractivity contribution is 5.54. The number of benzene rings is 1. The smallest absolute Gasteiger partial charge is 0.381 e. The minimum absolute atomic E-state index is 0.0305. The SMILES string of the molecule is N#Cc1ccc(N[C@@H]2CCCN(c3cccnc3)C2)cc1C(F)(F)F. The van der Waals surface area contributed by atoms with Gasteiger partial charge in [0.2, 0.25) is 0 Å². The lowest BCUT2D eigenvalue weighted by molar-refractivity contribution is -0.137. The van der Waals surface area contributed by atoms with E-state index >= 15 is 0 Å². The van der Waals surface area contributed by atoms with Crippen LogP contribution in [0.25, 0.3) is 0 Å². The van der Waals surface area contributed by atoms with Crippen molar-refractivity contribution < 1.29 is 13.2 Å². The highest BCUT2D eigenvalue weighted by atomic mass is 19.4. The van der Waals surface area contributed by atoms with E-state index in [2.05, 4.69) is 15.2 Å². The summed E-state index contributed by atoms with van der Waals surface area (Å²) in [6, 6.07) is 9.22. The lowest BCUT2D eigenvalue weighted by atomic mass is 10.0. The molecule has 1 fully saturated rings. The fraction of sp³-hybridized carbons (Fsp3) is 0.333. The van der Waals surface area contributed by atoms with Crippen molar-refractivity contribution in [1.29, 1.82) is 5.26 Å². The number of pyridine rings is 1. The van der Waals surface area contributed by atoms with Crippen molar-refractivity contribution in [3.63, 3.8) is 0 Å². The molecule has 0 radical (unpaired) electrons. The molecule has 4 nitrogen and oxygen atoms in total. The number of nitriles is 1. The van der Waals surface area contributed by atoms with Gasteiger partial charge in [-0.1, -0.05) is 0 Å². The van der Waals surface area contributed by atoms with Gasteiger partial charge in [-0.25, -0.2) is 0 Å². The van der Waals surface area contributed by atoms with E-state index in [0.29, 0.717) is 12.2 Å². The van der Waals surface area contributed by atoms with Gasteiger partial charge in [-0.05, 0) is 43.2 Å². The van der Waals surface area contributed by atoms with Crippen molar-refractivity contribution in [2.24, 2.45) is 0 Å². The van der Waals surface area contributed by atoms with E-state index in [1.165, 1.54) is 12.1 Å². The van der Waals surface area contributed by atoms with Crippen molar-refractivity contribution in [3.8, 4) is 6.07 Å². The second-order valence-electron chi connectivity index (χ2n) is 6.01. The molecule has 1 aromatic carbocycles. The molecule has 0 aliphatic carbocycles. The van der Waals surface area contributed by atoms with Crippen LogP contribution in [0.1, 0.15) is 24.0 Å². The molecule has 1 aliphatic heterocycles. The van der Waals surface area contributed by atoms with Crippen LogP contribution >= 0.6 is 0 Å². The number of anilines is 2. The van der Waals surface area contributed by atoms with Gasteiger partial charge in [0.15, 0.2) is 0 Å². The van der Waals surface area contributed by atoms with Crippen LogP contribution in [-0.2, 0) is 6.18 Å². The average Bonchev–Trinajstić information content (AvgIpc) is 2.62. The molecule has 1 N–H and O–H groups in total. The monoisotopic (exact) mass is 346 g/mol. The Labute approximate surface area is 143 Å². The second-order valence-corrected chi connectivity index (χ2v) is 6.01. The van der Waals surface area contributed by atoms with Gasteiger partial charge in [-0.3, -0.25) is 4.98 Å². The molecule has 3 rings (SSSR count). The summed E-state index contributed by atoms with van der Waals surface area (Å²) in [5, 5.41) is 12.0. The number of piperidine rings is 1. The van der Waals surface area contributed by atoms with Gasteiger partial charge < -0.3 is 10.2 Å². The van der Waals surface area contributed by atoms with Crippen molar-refractivity contribution in [3.05, 3.63) is 53.9 Å². The number of hydrogen-bond donors (Lipinski definition) is 1. The lowest BCUT2D eigenvalue weighted by Gasteiger charge is -2.35. The molecule has 1 saturated heterocycles. The highest BCUT2D eigenvalue weighted by Crippen LogP contribution is 2.34. The van der Waals surface area contributed by atoms with Crippen LogP contribution in [0.3, 0.4) is 0 Å². The topological polar surface area (TPSA) is 52.0 Å². The van der Waals surface area contributed by atoms with E-state index in [0.717, 1.165) is 31.1 Å². The molecule has 130 valence electrons. The second kappa shape index (κ2) is 7.01. The summed E-state index contributed by atoms with van der Waals surface area (Å²) in [6.45, 7) is 1.58. The molecule has 0 unspecified atom stereocenters. The predicted molar refractivity (Wildman–Crippen MR) is 89.3 cm³/mol. The minimum atomic E-state index is -4.54. The molecule has 25 heavy (non-hydrogen) atoms. The number of alkyl halides is 3. The Bertz CT molecular complexity index is 768. The third-order valence-electron chi connectivity index (χ3n) is 4.25. The first-order valence-electron chi connectivity index (χ1n) is 8.00. The largest absolute Gasteiger partial charge is 0.417 e. The van der Waals surface area contributed by atoms with E-state index in [9.17, 15) is 13.2 Å². The molecule has 2 heterocycles. The van der Waals surface area contributed by atoms with Crippen LogP contribution in [-0.4, -0.2) is 24.1 Å². The van der Waals surface area contributed by atoms with Crippen molar-refractivity contribution in [2.75, 3.05) is 23.3 Å². The number of nitrogens with one attached hydrogen (secondary N) is 1. The highest BCUT2D eigenvalue weighted by Gasteiger charge is 2.34. The van der Waals surface area contributed by atoms with Gasteiger partial charge in [0.1, 0.15) is 0 Å². The zero-order valence-electron chi connectivity index (χ0n) is 13.4. The molecule has 2 aromatic rings. The number of nitrogens with zero attached hydrogens (tertiary/aromatic N) is 3. The quantitative estimate of drug-likeness (QED) is 0.911. The van der Waals surface area contributed by atoms with E-state index < -0.39 is 11.7 Å². The normalized spacial score (nSPS) is 17.8. The molecule has 0 spiro atoms. The Balaban J connectivity index is 1.75. The van der Waals surface area contributed by atoms with E-state index in [4.69, 9.17) is 5.26 Å². The Kier molecular flexibility index (Phi) is 4.79. The van der Waals surface area contributed by atoms with Gasteiger partial charge in [0.25, 0.3) is 0 Å². The Hall–Kier alpha value is -2.75. The van der Waals surface area contributed by atoms with E-state index in [1.807, 2.05) is 12.1 Å². The first-order valence-corrected chi connectivity index (χ1v) is 8.00. The van der Waals surface area contributed by atoms with Gasteiger partial charge in [-0.15, -0.1) is 0 Å². The molecule has 0 saturated carbocycles. The first kappa shape index (κ1) is 17.1. The number of halogens is 3. The van der Waals surface area contributed by atoms with Gasteiger partial charge in [0, 0.05) is 31.0 Å². The van der Waals surface area contributed by atoms with Crippen molar-refractivity contribution >= 4 is 11.4 Å². The maximum absolute atomic E-state index is 13.1. The summed E-state index contributed by atoms with van der Waals surface area (Å²) in [7, 11) is 0. The third kappa shape index (κ3) is 4.02. The first-order chi connectivity index (χ1) is 12.0. The summed E-state index contributed by atoms with van der Waals surface area (Å²) >= 11 is 0. The van der Waals surface area contributed by atoms with Crippen molar-refractivity contribution in [2.45, 2.75) is 25.1 Å². The molecule has 7 heteroatoms. The zero-order chi connectivity index (χ0) is 17.9. The van der Waals surface area contributed by atoms with Crippen molar-refractivity contribution in [1.82, 2.24) is 4.98 Å². The standard InChI is InChI=1S/C18H17F3N4/c19-18(20,21)17-9-14(6-5-13(17)10-22)24-15-3-2-8-25(12-15)16-4-1-7-23-11-16/h1,4-7,9,11,15,24H,2-3,8,12H2/t15-/m1/s1. The van der Waals surface area contributed by atoms with Crippen LogP contribution in [0.4, 0.5) is 24.5 Å². The molecule has 1 atom stereocenters.